The van der Waals surface area contributed by atoms with Gasteiger partial charge in [-0.05, 0) is 29.0 Å². The predicted molar refractivity (Wildman–Crippen MR) is 89.3 cm³/mol. The lowest BCUT2D eigenvalue weighted by molar-refractivity contribution is -0.124. The zero-order valence-electron chi connectivity index (χ0n) is 13.0. The fraction of sp³-hybridized carbons (Fsp3) is 0.312. The van der Waals surface area contributed by atoms with E-state index in [4.69, 9.17) is 0 Å². The number of aromatic amines is 1. The number of hydrogen-bond donors (Lipinski definition) is 3. The van der Waals surface area contributed by atoms with Crippen molar-refractivity contribution < 1.29 is 9.59 Å². The van der Waals surface area contributed by atoms with Crippen molar-refractivity contribution in [2.45, 2.75) is 26.4 Å². The molecule has 0 radical (unpaired) electrons. The Balaban J connectivity index is 1.98. The first-order valence-electron chi connectivity index (χ1n) is 7.27. The van der Waals surface area contributed by atoms with E-state index < -0.39 is 6.04 Å². The lowest BCUT2D eigenvalue weighted by Gasteiger charge is -2.21. The molecule has 0 aliphatic carbocycles. The number of carbonyl (C=O) groups is 2. The predicted octanol–water partition coefficient (Wildman–Crippen LogP) is 1.51. The second kappa shape index (κ2) is 7.73. The first-order valence-corrected chi connectivity index (χ1v) is 8.15. The highest BCUT2D eigenvalue weighted by Crippen LogP contribution is 2.10. The number of amides is 2. The van der Waals surface area contributed by atoms with Crippen LogP contribution in [0.25, 0.3) is 0 Å². The van der Waals surface area contributed by atoms with Crippen LogP contribution in [0.1, 0.15) is 29.1 Å². The second-order valence-electron chi connectivity index (χ2n) is 5.45. The van der Waals surface area contributed by atoms with Crippen LogP contribution in [0.5, 0.6) is 0 Å². The van der Waals surface area contributed by atoms with Crippen LogP contribution < -0.4 is 16.2 Å². The molecule has 0 saturated heterocycles. The molecule has 0 aromatic carbocycles. The smallest absolute Gasteiger partial charge is 0.262 e. The van der Waals surface area contributed by atoms with Gasteiger partial charge in [-0.2, -0.15) is 0 Å². The standard InChI is InChI=1S/C16H19N3O3S/c1-10(2)14(19-15(21)12-4-3-7-23-12)16(22)18-9-11-5-6-17-13(20)8-11/h3-8,10,14H,9H2,1-2H3,(H,17,20)(H,18,22)(H,19,21)/t14-/m0/s1. The summed E-state index contributed by atoms with van der Waals surface area (Å²) in [6.07, 6.45) is 1.53. The molecule has 23 heavy (non-hydrogen) atoms. The highest BCUT2D eigenvalue weighted by atomic mass is 32.1. The molecule has 2 aromatic heterocycles. The van der Waals surface area contributed by atoms with Crippen LogP contribution >= 0.6 is 11.3 Å². The topological polar surface area (TPSA) is 91.1 Å². The number of nitrogens with one attached hydrogen (secondary N) is 3. The summed E-state index contributed by atoms with van der Waals surface area (Å²) in [7, 11) is 0. The van der Waals surface area contributed by atoms with E-state index in [0.717, 1.165) is 0 Å². The van der Waals surface area contributed by atoms with E-state index in [-0.39, 0.29) is 29.8 Å². The average Bonchev–Trinajstić information content (AvgIpc) is 3.04. The van der Waals surface area contributed by atoms with Crippen molar-refractivity contribution in [2.24, 2.45) is 5.92 Å². The Kier molecular flexibility index (Phi) is 5.70. The van der Waals surface area contributed by atoms with E-state index in [9.17, 15) is 14.4 Å². The summed E-state index contributed by atoms with van der Waals surface area (Å²) in [4.78, 5) is 38.8. The van der Waals surface area contributed by atoms with Gasteiger partial charge in [-0.25, -0.2) is 0 Å². The van der Waals surface area contributed by atoms with Crippen LogP contribution in [0.2, 0.25) is 0 Å². The van der Waals surface area contributed by atoms with Crippen LogP contribution in [0.15, 0.2) is 40.6 Å². The number of carbonyl (C=O) groups excluding carboxylic acids is 2. The first kappa shape index (κ1) is 17.0. The maximum absolute atomic E-state index is 12.3. The quantitative estimate of drug-likeness (QED) is 0.748. The minimum Gasteiger partial charge on any atom is -0.350 e. The molecule has 122 valence electrons. The summed E-state index contributed by atoms with van der Waals surface area (Å²) >= 11 is 1.33. The van der Waals surface area contributed by atoms with E-state index in [2.05, 4.69) is 15.6 Å². The van der Waals surface area contributed by atoms with Gasteiger partial charge in [-0.15, -0.1) is 11.3 Å². The molecule has 7 heteroatoms. The third-order valence-electron chi connectivity index (χ3n) is 3.29. The molecule has 1 atom stereocenters. The zero-order valence-corrected chi connectivity index (χ0v) is 13.8. The summed E-state index contributed by atoms with van der Waals surface area (Å²) in [5.41, 5.74) is 0.484. The molecule has 6 nitrogen and oxygen atoms in total. The zero-order chi connectivity index (χ0) is 16.8. The lowest BCUT2D eigenvalue weighted by Crippen LogP contribution is -2.49. The van der Waals surface area contributed by atoms with Crippen LogP contribution in [0.3, 0.4) is 0 Å². The summed E-state index contributed by atoms with van der Waals surface area (Å²) in [5.74, 6) is -0.590. The van der Waals surface area contributed by atoms with Gasteiger partial charge in [0.05, 0.1) is 4.88 Å². The van der Waals surface area contributed by atoms with Crippen molar-refractivity contribution in [3.05, 3.63) is 56.6 Å². The fourth-order valence-corrected chi connectivity index (χ4v) is 2.68. The number of pyridine rings is 1. The molecule has 0 aliphatic heterocycles. The van der Waals surface area contributed by atoms with E-state index in [0.29, 0.717) is 10.4 Å². The molecule has 2 rings (SSSR count). The molecule has 0 bridgehead atoms. The van der Waals surface area contributed by atoms with E-state index in [1.165, 1.54) is 23.6 Å². The van der Waals surface area contributed by atoms with E-state index >= 15 is 0 Å². The minimum atomic E-state index is -0.633. The third kappa shape index (κ3) is 4.79. The van der Waals surface area contributed by atoms with Crippen molar-refractivity contribution >= 4 is 23.2 Å². The molecule has 2 heterocycles. The number of thiophene rings is 1. The number of rotatable bonds is 6. The van der Waals surface area contributed by atoms with Crippen molar-refractivity contribution in [2.75, 3.05) is 0 Å². The number of hydrogen-bond acceptors (Lipinski definition) is 4. The lowest BCUT2D eigenvalue weighted by atomic mass is 10.0. The Labute approximate surface area is 137 Å². The third-order valence-corrected chi connectivity index (χ3v) is 4.16. The molecule has 2 amide bonds. The SMILES string of the molecule is CC(C)[C@H](NC(=O)c1cccs1)C(=O)NCc1cc[nH]c(=O)c1. The summed E-state index contributed by atoms with van der Waals surface area (Å²) in [6, 6.07) is 6.01. The monoisotopic (exact) mass is 333 g/mol. The molecule has 0 spiro atoms. The first-order chi connectivity index (χ1) is 11.0. The van der Waals surface area contributed by atoms with Gasteiger partial charge in [0, 0.05) is 18.8 Å². The summed E-state index contributed by atoms with van der Waals surface area (Å²) in [5, 5.41) is 7.32. The maximum Gasteiger partial charge on any atom is 0.262 e. The average molecular weight is 333 g/mol. The van der Waals surface area contributed by atoms with Crippen LogP contribution in [-0.2, 0) is 11.3 Å². The Morgan fingerprint density at radius 1 is 1.30 bits per heavy atom. The highest BCUT2D eigenvalue weighted by molar-refractivity contribution is 7.12. The van der Waals surface area contributed by atoms with E-state index in [1.54, 1.807) is 18.2 Å². The van der Waals surface area contributed by atoms with Gasteiger partial charge in [0.1, 0.15) is 6.04 Å². The minimum absolute atomic E-state index is 0.0573. The van der Waals surface area contributed by atoms with Crippen molar-refractivity contribution in [1.82, 2.24) is 15.6 Å². The molecule has 0 unspecified atom stereocenters. The van der Waals surface area contributed by atoms with Crippen LogP contribution in [0.4, 0.5) is 0 Å². The molecule has 0 saturated carbocycles. The highest BCUT2D eigenvalue weighted by Gasteiger charge is 2.24. The van der Waals surface area contributed by atoms with Crippen molar-refractivity contribution in [3.63, 3.8) is 0 Å². The van der Waals surface area contributed by atoms with Crippen LogP contribution in [0, 0.1) is 5.92 Å². The van der Waals surface area contributed by atoms with E-state index in [1.807, 2.05) is 19.2 Å². The summed E-state index contributed by atoms with van der Waals surface area (Å²) < 4.78 is 0. The Morgan fingerprint density at radius 2 is 2.09 bits per heavy atom. The Morgan fingerprint density at radius 3 is 2.70 bits per heavy atom. The fourth-order valence-electron chi connectivity index (χ4n) is 2.05. The van der Waals surface area contributed by atoms with Gasteiger partial charge < -0.3 is 15.6 Å². The largest absolute Gasteiger partial charge is 0.350 e. The normalized spacial score (nSPS) is 12.0. The number of aromatic nitrogens is 1. The molecule has 2 aromatic rings. The Bertz CT molecular complexity index is 722. The van der Waals surface area contributed by atoms with Crippen molar-refractivity contribution in [3.8, 4) is 0 Å². The van der Waals surface area contributed by atoms with Gasteiger partial charge in [0.2, 0.25) is 11.5 Å². The molecular formula is C16H19N3O3S. The molecular weight excluding hydrogens is 314 g/mol. The molecule has 0 aliphatic rings. The molecule has 0 fully saturated rings. The second-order valence-corrected chi connectivity index (χ2v) is 6.40. The van der Waals surface area contributed by atoms with Gasteiger partial charge >= 0.3 is 0 Å². The molecule has 3 N–H and O–H groups in total. The summed E-state index contributed by atoms with van der Waals surface area (Å²) in [6.45, 7) is 3.97. The van der Waals surface area contributed by atoms with Gasteiger partial charge in [-0.3, -0.25) is 14.4 Å². The van der Waals surface area contributed by atoms with Gasteiger partial charge in [0.15, 0.2) is 0 Å². The van der Waals surface area contributed by atoms with Crippen LogP contribution in [-0.4, -0.2) is 22.8 Å². The Hall–Kier alpha value is -2.41. The maximum atomic E-state index is 12.3. The number of H-pyrrole nitrogens is 1. The van der Waals surface area contributed by atoms with Gasteiger partial charge in [-0.1, -0.05) is 19.9 Å². The van der Waals surface area contributed by atoms with Crippen molar-refractivity contribution in [1.29, 1.82) is 0 Å². The van der Waals surface area contributed by atoms with Gasteiger partial charge in [0.25, 0.3) is 5.91 Å².